The quantitative estimate of drug-likeness (QED) is 0.764. The van der Waals surface area contributed by atoms with Crippen LogP contribution in [0.1, 0.15) is 49.0 Å². The van der Waals surface area contributed by atoms with Gasteiger partial charge in [0.2, 0.25) is 0 Å². The lowest BCUT2D eigenvalue weighted by Crippen LogP contribution is -2.28. The van der Waals surface area contributed by atoms with Gasteiger partial charge in [0.15, 0.2) is 5.78 Å². The van der Waals surface area contributed by atoms with Crippen LogP contribution in [0.15, 0.2) is 24.3 Å². The van der Waals surface area contributed by atoms with Crippen molar-refractivity contribution < 1.29 is 9.53 Å². The molecule has 1 aliphatic rings. The molecule has 2 unspecified atom stereocenters. The van der Waals surface area contributed by atoms with Crippen molar-refractivity contribution in [3.05, 3.63) is 35.4 Å². The van der Waals surface area contributed by atoms with E-state index in [4.69, 9.17) is 4.74 Å². The Balaban J connectivity index is 1.84. The Kier molecular flexibility index (Phi) is 4.76. The first-order valence-electron chi connectivity index (χ1n) is 7.26. The summed E-state index contributed by atoms with van der Waals surface area (Å²) in [5.41, 5.74) is 1.93. The molecule has 1 fully saturated rings. The standard InChI is InChI=1S/C17H24O2/c1-12-4-6-15(7-5-12)17(18)11-19-16-9-13(2)8-14(3)10-16/h4-7,13-14,16H,8-11H2,1-3H3. The Bertz CT molecular complexity index is 411. The first-order valence-corrected chi connectivity index (χ1v) is 7.26. The van der Waals surface area contributed by atoms with Crippen molar-refractivity contribution in [2.45, 2.75) is 46.1 Å². The van der Waals surface area contributed by atoms with Gasteiger partial charge >= 0.3 is 0 Å². The molecule has 2 atom stereocenters. The first-order chi connectivity index (χ1) is 9.04. The average Bonchev–Trinajstić information content (AvgIpc) is 2.36. The number of benzene rings is 1. The maximum Gasteiger partial charge on any atom is 0.188 e. The second-order valence-corrected chi connectivity index (χ2v) is 6.14. The minimum atomic E-state index is 0.0888. The molecule has 2 rings (SSSR count). The van der Waals surface area contributed by atoms with E-state index < -0.39 is 0 Å². The van der Waals surface area contributed by atoms with Crippen molar-refractivity contribution in [1.29, 1.82) is 0 Å². The lowest BCUT2D eigenvalue weighted by atomic mass is 9.82. The number of carbonyl (C=O) groups is 1. The van der Waals surface area contributed by atoms with Gasteiger partial charge in [0.1, 0.15) is 6.61 Å². The molecule has 1 saturated carbocycles. The first kappa shape index (κ1) is 14.3. The second-order valence-electron chi connectivity index (χ2n) is 6.14. The van der Waals surface area contributed by atoms with E-state index >= 15 is 0 Å². The third-order valence-electron chi connectivity index (χ3n) is 3.96. The van der Waals surface area contributed by atoms with Gasteiger partial charge in [-0.25, -0.2) is 0 Å². The Morgan fingerprint density at radius 3 is 2.26 bits per heavy atom. The molecule has 0 heterocycles. The molecule has 0 aromatic heterocycles. The predicted molar refractivity (Wildman–Crippen MR) is 77.4 cm³/mol. The van der Waals surface area contributed by atoms with E-state index in [1.807, 2.05) is 31.2 Å². The Morgan fingerprint density at radius 1 is 1.11 bits per heavy atom. The van der Waals surface area contributed by atoms with Gasteiger partial charge in [0.25, 0.3) is 0 Å². The molecule has 0 N–H and O–H groups in total. The lowest BCUT2D eigenvalue weighted by Gasteiger charge is -2.31. The van der Waals surface area contributed by atoms with E-state index in [-0.39, 0.29) is 18.5 Å². The van der Waals surface area contributed by atoms with Crippen LogP contribution >= 0.6 is 0 Å². The van der Waals surface area contributed by atoms with Crippen LogP contribution < -0.4 is 0 Å². The largest absolute Gasteiger partial charge is 0.370 e. The molecule has 1 aromatic rings. The van der Waals surface area contributed by atoms with Gasteiger partial charge in [-0.1, -0.05) is 43.7 Å². The van der Waals surface area contributed by atoms with Gasteiger partial charge in [-0.3, -0.25) is 4.79 Å². The summed E-state index contributed by atoms with van der Waals surface area (Å²) in [5.74, 6) is 1.51. The zero-order chi connectivity index (χ0) is 13.8. The van der Waals surface area contributed by atoms with Crippen molar-refractivity contribution in [3.8, 4) is 0 Å². The van der Waals surface area contributed by atoms with E-state index in [2.05, 4.69) is 13.8 Å². The molecule has 104 valence electrons. The van der Waals surface area contributed by atoms with Crippen LogP contribution in [0, 0.1) is 18.8 Å². The normalized spacial score (nSPS) is 27.2. The van der Waals surface area contributed by atoms with Crippen molar-refractivity contribution in [2.24, 2.45) is 11.8 Å². The molecule has 2 heteroatoms. The third-order valence-corrected chi connectivity index (χ3v) is 3.96. The number of ether oxygens (including phenoxy) is 1. The maximum absolute atomic E-state index is 12.0. The van der Waals surface area contributed by atoms with Crippen LogP contribution in [-0.4, -0.2) is 18.5 Å². The van der Waals surface area contributed by atoms with Gasteiger partial charge in [0, 0.05) is 5.56 Å². The Morgan fingerprint density at radius 2 is 1.68 bits per heavy atom. The highest BCUT2D eigenvalue weighted by atomic mass is 16.5. The van der Waals surface area contributed by atoms with Gasteiger partial charge in [0.05, 0.1) is 6.10 Å². The van der Waals surface area contributed by atoms with Crippen LogP contribution in [0.5, 0.6) is 0 Å². The molecule has 0 radical (unpaired) electrons. The molecule has 19 heavy (non-hydrogen) atoms. The third kappa shape index (κ3) is 4.17. The molecule has 0 bridgehead atoms. The number of ketones is 1. The fourth-order valence-electron chi connectivity index (χ4n) is 3.03. The average molecular weight is 260 g/mol. The summed E-state index contributed by atoms with van der Waals surface area (Å²) in [6.45, 7) is 6.78. The van der Waals surface area contributed by atoms with Crippen LogP contribution in [-0.2, 0) is 4.74 Å². The van der Waals surface area contributed by atoms with Crippen molar-refractivity contribution >= 4 is 5.78 Å². The summed E-state index contributed by atoms with van der Waals surface area (Å²) in [7, 11) is 0. The van der Waals surface area contributed by atoms with Crippen LogP contribution in [0.3, 0.4) is 0 Å². The van der Waals surface area contributed by atoms with Crippen molar-refractivity contribution in [2.75, 3.05) is 6.61 Å². The molecule has 1 aliphatic carbocycles. The molecular formula is C17H24O2. The zero-order valence-corrected chi connectivity index (χ0v) is 12.2. The number of aryl methyl sites for hydroxylation is 1. The molecule has 0 saturated heterocycles. The van der Waals surface area contributed by atoms with E-state index in [1.54, 1.807) is 0 Å². The fraction of sp³-hybridized carbons (Fsp3) is 0.588. The monoisotopic (exact) mass is 260 g/mol. The summed E-state index contributed by atoms with van der Waals surface area (Å²) in [6, 6.07) is 7.70. The minimum Gasteiger partial charge on any atom is -0.370 e. The number of hydrogen-bond donors (Lipinski definition) is 0. The number of Topliss-reactive ketones (excluding diaryl/α,β-unsaturated/α-hetero) is 1. The predicted octanol–water partition coefficient (Wildman–Crippen LogP) is 4.02. The second kappa shape index (κ2) is 6.33. The van der Waals surface area contributed by atoms with Crippen LogP contribution in [0.4, 0.5) is 0 Å². The molecule has 0 amide bonds. The van der Waals surface area contributed by atoms with Crippen LogP contribution in [0.2, 0.25) is 0 Å². The Hall–Kier alpha value is -1.15. The summed E-state index contributed by atoms with van der Waals surface area (Å²) in [4.78, 5) is 12.0. The van der Waals surface area contributed by atoms with Gasteiger partial charge in [-0.05, 0) is 38.0 Å². The summed E-state index contributed by atoms with van der Waals surface area (Å²) >= 11 is 0. The lowest BCUT2D eigenvalue weighted by molar-refractivity contribution is 0.00562. The maximum atomic E-state index is 12.0. The SMILES string of the molecule is Cc1ccc(C(=O)COC2CC(C)CC(C)C2)cc1. The number of carbonyl (C=O) groups excluding carboxylic acids is 1. The minimum absolute atomic E-state index is 0.0888. The van der Waals surface area contributed by atoms with Gasteiger partial charge in [-0.2, -0.15) is 0 Å². The molecule has 0 aliphatic heterocycles. The molecular weight excluding hydrogens is 236 g/mol. The summed E-state index contributed by atoms with van der Waals surface area (Å²) in [6.07, 6.45) is 3.72. The highest BCUT2D eigenvalue weighted by Gasteiger charge is 2.25. The summed E-state index contributed by atoms with van der Waals surface area (Å²) in [5, 5.41) is 0. The summed E-state index contributed by atoms with van der Waals surface area (Å²) < 4.78 is 5.82. The fourth-order valence-corrected chi connectivity index (χ4v) is 3.03. The zero-order valence-electron chi connectivity index (χ0n) is 12.2. The highest BCUT2D eigenvalue weighted by Crippen LogP contribution is 2.30. The topological polar surface area (TPSA) is 26.3 Å². The van der Waals surface area contributed by atoms with Gasteiger partial charge in [-0.15, -0.1) is 0 Å². The van der Waals surface area contributed by atoms with E-state index in [0.29, 0.717) is 11.8 Å². The van der Waals surface area contributed by atoms with Crippen molar-refractivity contribution in [1.82, 2.24) is 0 Å². The van der Waals surface area contributed by atoms with E-state index in [9.17, 15) is 4.79 Å². The van der Waals surface area contributed by atoms with E-state index in [0.717, 1.165) is 18.4 Å². The molecule has 0 spiro atoms. The van der Waals surface area contributed by atoms with Gasteiger partial charge < -0.3 is 4.74 Å². The number of rotatable bonds is 4. The number of hydrogen-bond acceptors (Lipinski definition) is 2. The Labute approximate surface area is 116 Å². The smallest absolute Gasteiger partial charge is 0.188 e. The van der Waals surface area contributed by atoms with E-state index in [1.165, 1.54) is 12.0 Å². The van der Waals surface area contributed by atoms with Crippen LogP contribution in [0.25, 0.3) is 0 Å². The van der Waals surface area contributed by atoms with Crippen molar-refractivity contribution in [3.63, 3.8) is 0 Å². The molecule has 1 aromatic carbocycles. The highest BCUT2D eigenvalue weighted by molar-refractivity contribution is 5.97. The molecule has 2 nitrogen and oxygen atoms in total.